The number of hydrogen-bond acceptors (Lipinski definition) is 6. The maximum absolute atomic E-state index is 13.9. The summed E-state index contributed by atoms with van der Waals surface area (Å²) in [6.45, 7) is 2.49. The number of thiophene rings is 1. The first-order chi connectivity index (χ1) is 19.1. The molecule has 5 aromatic rings. The molecule has 6 rings (SSSR count). The molecule has 0 spiro atoms. The number of fused-ring (bicyclic) bond motifs is 4. The van der Waals surface area contributed by atoms with E-state index in [9.17, 15) is 9.59 Å². The van der Waals surface area contributed by atoms with Crippen molar-refractivity contribution in [2.24, 2.45) is 0 Å². The number of aryl methyl sites for hydroxylation is 1. The number of pyridine rings is 1. The summed E-state index contributed by atoms with van der Waals surface area (Å²) in [4.78, 5) is 32.7. The molecule has 6 nitrogen and oxygen atoms in total. The van der Waals surface area contributed by atoms with E-state index in [1.54, 1.807) is 6.07 Å². The van der Waals surface area contributed by atoms with Crippen molar-refractivity contribution in [3.05, 3.63) is 101 Å². The molecule has 1 aliphatic carbocycles. The van der Waals surface area contributed by atoms with Gasteiger partial charge in [-0.25, -0.2) is 9.78 Å². The fraction of sp³-hybridized carbons (Fsp3) is 0.156. The molecule has 0 aliphatic heterocycles. The number of ether oxygens (including phenoxy) is 2. The lowest BCUT2D eigenvalue weighted by atomic mass is 9.89. The van der Waals surface area contributed by atoms with Gasteiger partial charge in [0.05, 0.1) is 36.1 Å². The lowest BCUT2D eigenvalue weighted by Crippen LogP contribution is -2.16. The minimum atomic E-state index is -0.449. The summed E-state index contributed by atoms with van der Waals surface area (Å²) in [5.41, 5.74) is 6.37. The summed E-state index contributed by atoms with van der Waals surface area (Å²) >= 11 is 1.42. The third kappa shape index (κ3) is 4.55. The highest BCUT2D eigenvalue weighted by Gasteiger charge is 2.30. The molecule has 0 bridgehead atoms. The zero-order valence-electron chi connectivity index (χ0n) is 21.6. The predicted molar refractivity (Wildman–Crippen MR) is 155 cm³/mol. The van der Waals surface area contributed by atoms with Crippen LogP contribution in [0.3, 0.4) is 0 Å². The number of carbonyl (C=O) groups is 2. The van der Waals surface area contributed by atoms with Crippen molar-refractivity contribution in [1.82, 2.24) is 4.98 Å². The van der Waals surface area contributed by atoms with E-state index >= 15 is 0 Å². The number of esters is 1. The summed E-state index contributed by atoms with van der Waals surface area (Å²) < 4.78 is 10.8. The molecule has 1 amide bonds. The van der Waals surface area contributed by atoms with Gasteiger partial charge in [-0.1, -0.05) is 54.6 Å². The van der Waals surface area contributed by atoms with E-state index in [2.05, 4.69) is 17.4 Å². The Morgan fingerprint density at radius 2 is 1.79 bits per heavy atom. The standard InChI is InChI=1S/C32H26N2O4S/c1-3-38-21-11-8-10-20(17-21)27-18-25(23-13-6-7-14-26(23)33-27)30(35)34-31-28(32(36)37-2)24-16-15-19-9-4-5-12-22(19)29(24)39-31/h4-14,17-18H,3,15-16H2,1-2H3,(H,34,35). The van der Waals surface area contributed by atoms with Crippen molar-refractivity contribution in [1.29, 1.82) is 0 Å². The van der Waals surface area contributed by atoms with Crippen LogP contribution in [0.15, 0.2) is 78.9 Å². The minimum absolute atomic E-state index is 0.312. The summed E-state index contributed by atoms with van der Waals surface area (Å²) in [7, 11) is 1.37. The number of amides is 1. The second kappa shape index (κ2) is 10.3. The van der Waals surface area contributed by atoms with Gasteiger partial charge in [0.25, 0.3) is 5.91 Å². The number of benzene rings is 3. The average Bonchev–Trinajstić information content (AvgIpc) is 3.34. The van der Waals surface area contributed by atoms with Crippen molar-refractivity contribution in [2.45, 2.75) is 19.8 Å². The van der Waals surface area contributed by atoms with Crippen LogP contribution in [0.1, 0.15) is 38.8 Å². The molecule has 1 aliphatic rings. The number of nitrogens with zero attached hydrogens (tertiary/aromatic N) is 1. The maximum atomic E-state index is 13.9. The lowest BCUT2D eigenvalue weighted by molar-refractivity contribution is 0.0601. The molecular weight excluding hydrogens is 508 g/mol. The Morgan fingerprint density at radius 3 is 2.64 bits per heavy atom. The van der Waals surface area contributed by atoms with Crippen LogP contribution in [0.2, 0.25) is 0 Å². The summed E-state index contributed by atoms with van der Waals surface area (Å²) in [6.07, 6.45) is 1.54. The van der Waals surface area contributed by atoms with Crippen LogP contribution in [0.5, 0.6) is 5.75 Å². The van der Waals surface area contributed by atoms with Gasteiger partial charge in [-0.2, -0.15) is 0 Å². The molecule has 7 heteroatoms. The SMILES string of the molecule is CCOc1cccc(-c2cc(C(=O)Nc3sc4c(c3C(=O)OC)CCc3ccccc3-4)c3ccccc3n2)c1. The van der Waals surface area contributed by atoms with Crippen LogP contribution in [-0.4, -0.2) is 30.6 Å². The highest BCUT2D eigenvalue weighted by molar-refractivity contribution is 7.20. The van der Waals surface area contributed by atoms with Gasteiger partial charge in [-0.3, -0.25) is 4.79 Å². The van der Waals surface area contributed by atoms with E-state index in [0.717, 1.165) is 39.1 Å². The second-order valence-electron chi connectivity index (χ2n) is 9.25. The second-order valence-corrected chi connectivity index (χ2v) is 10.3. The smallest absolute Gasteiger partial charge is 0.341 e. The molecular formula is C32H26N2O4S. The molecule has 0 fully saturated rings. The quantitative estimate of drug-likeness (QED) is 0.234. The molecule has 2 heterocycles. The molecule has 0 saturated carbocycles. The molecule has 0 unspecified atom stereocenters. The number of nitrogens with one attached hydrogen (secondary N) is 1. The summed E-state index contributed by atoms with van der Waals surface area (Å²) in [6, 6.07) is 25.2. The fourth-order valence-corrected chi connectivity index (χ4v) is 6.43. The van der Waals surface area contributed by atoms with Crippen molar-refractivity contribution >= 4 is 39.1 Å². The predicted octanol–water partition coefficient (Wildman–Crippen LogP) is 7.17. The molecule has 0 atom stereocenters. The molecule has 39 heavy (non-hydrogen) atoms. The Bertz CT molecular complexity index is 1740. The van der Waals surface area contributed by atoms with Gasteiger partial charge >= 0.3 is 5.97 Å². The van der Waals surface area contributed by atoms with Crippen LogP contribution < -0.4 is 10.1 Å². The molecule has 194 valence electrons. The maximum Gasteiger partial charge on any atom is 0.341 e. The number of para-hydroxylation sites is 1. The first-order valence-electron chi connectivity index (χ1n) is 12.8. The van der Waals surface area contributed by atoms with Crippen molar-refractivity contribution in [2.75, 3.05) is 19.0 Å². The van der Waals surface area contributed by atoms with Crippen molar-refractivity contribution in [3.8, 4) is 27.4 Å². The third-order valence-electron chi connectivity index (χ3n) is 6.93. The van der Waals surface area contributed by atoms with Crippen LogP contribution in [0.25, 0.3) is 32.6 Å². The first-order valence-corrected chi connectivity index (χ1v) is 13.7. The number of anilines is 1. The molecule has 0 radical (unpaired) electrons. The van der Waals surface area contributed by atoms with E-state index < -0.39 is 5.97 Å². The van der Waals surface area contributed by atoms with Crippen LogP contribution in [0, 0.1) is 0 Å². The van der Waals surface area contributed by atoms with Gasteiger partial charge < -0.3 is 14.8 Å². The molecule has 2 aromatic heterocycles. The third-order valence-corrected chi connectivity index (χ3v) is 8.11. The monoisotopic (exact) mass is 534 g/mol. The highest BCUT2D eigenvalue weighted by Crippen LogP contribution is 2.45. The Labute approximate surface area is 230 Å². The van der Waals surface area contributed by atoms with Gasteiger partial charge in [0.1, 0.15) is 10.8 Å². The molecule has 3 aromatic carbocycles. The lowest BCUT2D eigenvalue weighted by Gasteiger charge is -2.16. The van der Waals surface area contributed by atoms with Gasteiger partial charge in [0, 0.05) is 15.8 Å². The average molecular weight is 535 g/mol. The summed E-state index contributed by atoms with van der Waals surface area (Å²) in [5, 5.41) is 4.28. The van der Waals surface area contributed by atoms with Gasteiger partial charge in [-0.15, -0.1) is 11.3 Å². The molecule has 1 N–H and O–H groups in total. The fourth-order valence-electron chi connectivity index (χ4n) is 5.14. The number of aromatic nitrogens is 1. The van der Waals surface area contributed by atoms with E-state index in [1.807, 2.05) is 67.6 Å². The normalized spacial score (nSPS) is 11.9. The van der Waals surface area contributed by atoms with E-state index in [1.165, 1.54) is 24.0 Å². The Morgan fingerprint density at radius 1 is 0.974 bits per heavy atom. The number of carbonyl (C=O) groups excluding carboxylic acids is 2. The van der Waals surface area contributed by atoms with Gasteiger partial charge in [0.2, 0.25) is 0 Å². The van der Waals surface area contributed by atoms with Crippen LogP contribution in [0.4, 0.5) is 5.00 Å². The Hall–Kier alpha value is -4.49. The topological polar surface area (TPSA) is 77.5 Å². The van der Waals surface area contributed by atoms with E-state index in [-0.39, 0.29) is 5.91 Å². The Kier molecular flexibility index (Phi) is 6.59. The Balaban J connectivity index is 1.44. The minimum Gasteiger partial charge on any atom is -0.494 e. The van der Waals surface area contributed by atoms with Crippen LogP contribution in [-0.2, 0) is 17.6 Å². The highest BCUT2D eigenvalue weighted by atomic mass is 32.1. The van der Waals surface area contributed by atoms with Crippen molar-refractivity contribution in [3.63, 3.8) is 0 Å². The van der Waals surface area contributed by atoms with Crippen molar-refractivity contribution < 1.29 is 19.1 Å². The zero-order valence-corrected chi connectivity index (χ0v) is 22.4. The number of methoxy groups -OCH3 is 1. The summed E-state index contributed by atoms with van der Waals surface area (Å²) in [5.74, 6) is -0.0221. The number of hydrogen-bond donors (Lipinski definition) is 1. The van der Waals surface area contributed by atoms with E-state index in [4.69, 9.17) is 14.5 Å². The molecule has 0 saturated heterocycles. The first kappa shape index (κ1) is 24.8. The van der Waals surface area contributed by atoms with Gasteiger partial charge in [0.15, 0.2) is 0 Å². The number of rotatable bonds is 6. The largest absolute Gasteiger partial charge is 0.494 e. The van der Waals surface area contributed by atoms with Gasteiger partial charge in [-0.05, 0) is 60.7 Å². The van der Waals surface area contributed by atoms with Crippen LogP contribution >= 0.6 is 11.3 Å². The zero-order chi connectivity index (χ0) is 26.9. The van der Waals surface area contributed by atoms with E-state index in [0.29, 0.717) is 40.4 Å².